The van der Waals surface area contributed by atoms with Crippen LogP contribution in [0.25, 0.3) is 0 Å². The average molecular weight is 329 g/mol. The third-order valence-corrected chi connectivity index (χ3v) is 4.83. The Bertz CT molecular complexity index is 531. The van der Waals surface area contributed by atoms with Crippen LogP contribution in [0.3, 0.4) is 0 Å². The summed E-state index contributed by atoms with van der Waals surface area (Å²) < 4.78 is 0. The quantitative estimate of drug-likeness (QED) is 0.681. The molecule has 0 aliphatic heterocycles. The number of carbonyl (C=O) groups excluding carboxylic acids is 2. The minimum atomic E-state index is -0.299. The van der Waals surface area contributed by atoms with E-state index in [0.717, 1.165) is 11.3 Å². The van der Waals surface area contributed by atoms with Crippen LogP contribution in [-0.4, -0.2) is 16.5 Å². The molecule has 0 aliphatic carbocycles. The van der Waals surface area contributed by atoms with Gasteiger partial charge in [-0.1, -0.05) is 22.9 Å². The molecule has 1 aromatic heterocycles. The Balaban J connectivity index is 3.11. The summed E-state index contributed by atoms with van der Waals surface area (Å²) in [6.45, 7) is 5.04. The second-order valence-electron chi connectivity index (χ2n) is 3.79. The molecule has 1 aromatic rings. The summed E-state index contributed by atoms with van der Waals surface area (Å²) in [5.41, 5.74) is 1.00. The number of carbonyl (C=O) groups is 2. The van der Waals surface area contributed by atoms with Crippen molar-refractivity contribution in [1.29, 1.82) is 5.26 Å². The molecule has 1 atom stereocenters. The Morgan fingerprint density at radius 2 is 2.17 bits per heavy atom. The van der Waals surface area contributed by atoms with Crippen LogP contribution in [-0.2, 0) is 4.79 Å². The van der Waals surface area contributed by atoms with Crippen LogP contribution in [0.15, 0.2) is 0 Å². The van der Waals surface area contributed by atoms with Crippen LogP contribution < -0.4 is 5.32 Å². The molecule has 18 heavy (non-hydrogen) atoms. The van der Waals surface area contributed by atoms with Gasteiger partial charge in [-0.25, -0.2) is 0 Å². The zero-order valence-electron chi connectivity index (χ0n) is 10.3. The SMILES string of the molecule is CCC(Br)C(=O)Nc1sc(C(C)=O)c(C)c1C#N. The van der Waals surface area contributed by atoms with E-state index in [4.69, 9.17) is 5.26 Å². The fourth-order valence-corrected chi connectivity index (χ4v) is 2.62. The highest BCUT2D eigenvalue weighted by molar-refractivity contribution is 9.10. The Labute approximate surface area is 118 Å². The van der Waals surface area contributed by atoms with Crippen LogP contribution in [0.1, 0.15) is 41.1 Å². The molecule has 1 amide bonds. The second-order valence-corrected chi connectivity index (χ2v) is 5.92. The topological polar surface area (TPSA) is 70.0 Å². The van der Waals surface area contributed by atoms with Gasteiger partial charge in [0.2, 0.25) is 5.91 Å². The van der Waals surface area contributed by atoms with E-state index in [1.807, 2.05) is 13.0 Å². The van der Waals surface area contributed by atoms with E-state index in [1.165, 1.54) is 6.92 Å². The van der Waals surface area contributed by atoms with Crippen molar-refractivity contribution in [3.05, 3.63) is 16.0 Å². The number of rotatable bonds is 4. The Kier molecular flexibility index (Phi) is 5.05. The lowest BCUT2D eigenvalue weighted by atomic mass is 10.1. The Hall–Kier alpha value is -1.19. The molecule has 1 N–H and O–H groups in total. The van der Waals surface area contributed by atoms with E-state index in [9.17, 15) is 9.59 Å². The number of hydrogen-bond donors (Lipinski definition) is 1. The predicted octanol–water partition coefficient (Wildman–Crippen LogP) is 3.24. The fourth-order valence-electron chi connectivity index (χ4n) is 1.45. The fraction of sp³-hybridized carbons (Fsp3) is 0.417. The standard InChI is InChI=1S/C12H13BrN2O2S/c1-4-9(13)11(17)15-12-8(5-14)6(2)10(18-12)7(3)16/h9H,4H2,1-3H3,(H,15,17). The van der Waals surface area contributed by atoms with Gasteiger partial charge in [-0.15, -0.1) is 11.3 Å². The molecular weight excluding hydrogens is 316 g/mol. The molecule has 0 aliphatic rings. The third-order valence-electron chi connectivity index (χ3n) is 2.46. The van der Waals surface area contributed by atoms with Crippen LogP contribution in [0.4, 0.5) is 5.00 Å². The van der Waals surface area contributed by atoms with Gasteiger partial charge in [-0.3, -0.25) is 9.59 Å². The summed E-state index contributed by atoms with van der Waals surface area (Å²) in [6, 6.07) is 2.03. The van der Waals surface area contributed by atoms with Crippen molar-refractivity contribution < 1.29 is 9.59 Å². The number of hydrogen-bond acceptors (Lipinski definition) is 4. The minimum Gasteiger partial charge on any atom is -0.316 e. The molecule has 0 saturated carbocycles. The first kappa shape index (κ1) is 14.9. The van der Waals surface area contributed by atoms with E-state index < -0.39 is 0 Å². The van der Waals surface area contributed by atoms with Gasteiger partial charge in [0.1, 0.15) is 11.1 Å². The summed E-state index contributed by atoms with van der Waals surface area (Å²) in [7, 11) is 0. The van der Waals surface area contributed by atoms with Gasteiger partial charge in [0.05, 0.1) is 15.3 Å². The lowest BCUT2D eigenvalue weighted by Crippen LogP contribution is -2.21. The van der Waals surface area contributed by atoms with Gasteiger partial charge in [0.15, 0.2) is 5.78 Å². The van der Waals surface area contributed by atoms with Crippen LogP contribution in [0, 0.1) is 18.3 Å². The van der Waals surface area contributed by atoms with Crippen molar-refractivity contribution >= 4 is 44.0 Å². The van der Waals surface area contributed by atoms with Crippen LogP contribution in [0.5, 0.6) is 0 Å². The summed E-state index contributed by atoms with van der Waals surface area (Å²) in [6.07, 6.45) is 0.650. The van der Waals surface area contributed by atoms with Gasteiger partial charge in [0, 0.05) is 0 Å². The lowest BCUT2D eigenvalue weighted by Gasteiger charge is -2.06. The predicted molar refractivity (Wildman–Crippen MR) is 75.4 cm³/mol. The highest BCUT2D eigenvalue weighted by Gasteiger charge is 2.21. The lowest BCUT2D eigenvalue weighted by molar-refractivity contribution is -0.115. The zero-order valence-corrected chi connectivity index (χ0v) is 12.7. The van der Waals surface area contributed by atoms with Crippen molar-refractivity contribution in [2.75, 3.05) is 5.32 Å². The molecule has 0 spiro atoms. The van der Waals surface area contributed by atoms with Crippen molar-refractivity contribution in [1.82, 2.24) is 0 Å². The van der Waals surface area contributed by atoms with E-state index in [0.29, 0.717) is 27.4 Å². The highest BCUT2D eigenvalue weighted by atomic mass is 79.9. The second kappa shape index (κ2) is 6.12. The van der Waals surface area contributed by atoms with Gasteiger partial charge >= 0.3 is 0 Å². The van der Waals surface area contributed by atoms with Crippen molar-refractivity contribution in [3.63, 3.8) is 0 Å². The number of alkyl halides is 1. The van der Waals surface area contributed by atoms with E-state index in [-0.39, 0.29) is 16.5 Å². The first-order valence-electron chi connectivity index (χ1n) is 5.41. The monoisotopic (exact) mass is 328 g/mol. The van der Waals surface area contributed by atoms with Crippen LogP contribution >= 0.6 is 27.3 Å². The molecule has 6 heteroatoms. The number of amides is 1. The molecule has 0 aromatic carbocycles. The molecule has 0 fully saturated rings. The maximum atomic E-state index is 11.8. The number of nitrogens with zero attached hydrogens (tertiary/aromatic N) is 1. The number of anilines is 1. The Morgan fingerprint density at radius 3 is 2.61 bits per heavy atom. The molecule has 0 bridgehead atoms. The molecule has 1 heterocycles. The molecule has 96 valence electrons. The number of Topliss-reactive ketones (excluding diaryl/α,β-unsaturated/α-hetero) is 1. The van der Waals surface area contributed by atoms with Gasteiger partial charge < -0.3 is 5.32 Å². The normalized spacial score (nSPS) is 11.7. The third kappa shape index (κ3) is 2.98. The summed E-state index contributed by atoms with van der Waals surface area (Å²) in [4.78, 5) is 23.4. The maximum absolute atomic E-state index is 11.8. The number of thiophene rings is 1. The molecular formula is C12H13BrN2O2S. The van der Waals surface area contributed by atoms with Crippen molar-refractivity contribution in [2.45, 2.75) is 32.0 Å². The van der Waals surface area contributed by atoms with Gasteiger partial charge in [-0.05, 0) is 25.8 Å². The van der Waals surface area contributed by atoms with E-state index in [1.54, 1.807) is 6.92 Å². The van der Waals surface area contributed by atoms with Crippen molar-refractivity contribution in [2.24, 2.45) is 0 Å². The van der Waals surface area contributed by atoms with Gasteiger partial charge in [0.25, 0.3) is 0 Å². The molecule has 1 rings (SSSR count). The summed E-state index contributed by atoms with van der Waals surface area (Å²) in [5, 5.41) is 12.2. The highest BCUT2D eigenvalue weighted by Crippen LogP contribution is 2.33. The molecule has 1 unspecified atom stereocenters. The van der Waals surface area contributed by atoms with Gasteiger partial charge in [-0.2, -0.15) is 5.26 Å². The zero-order chi connectivity index (χ0) is 13.9. The smallest absolute Gasteiger partial charge is 0.238 e. The average Bonchev–Trinajstić information content (AvgIpc) is 2.64. The maximum Gasteiger partial charge on any atom is 0.238 e. The van der Waals surface area contributed by atoms with Crippen molar-refractivity contribution in [3.8, 4) is 6.07 Å². The first-order chi connectivity index (χ1) is 8.42. The summed E-state index contributed by atoms with van der Waals surface area (Å²) in [5.74, 6) is -0.300. The molecule has 4 nitrogen and oxygen atoms in total. The van der Waals surface area contributed by atoms with E-state index >= 15 is 0 Å². The summed E-state index contributed by atoms with van der Waals surface area (Å²) >= 11 is 4.39. The molecule has 0 radical (unpaired) electrons. The largest absolute Gasteiger partial charge is 0.316 e. The number of ketones is 1. The number of nitrogens with one attached hydrogen (secondary N) is 1. The Morgan fingerprint density at radius 1 is 1.56 bits per heavy atom. The minimum absolute atomic E-state index is 0.0969. The molecule has 0 saturated heterocycles. The number of halogens is 1. The van der Waals surface area contributed by atoms with Crippen LogP contribution in [0.2, 0.25) is 0 Å². The number of nitriles is 1. The van der Waals surface area contributed by atoms with E-state index in [2.05, 4.69) is 21.2 Å². The first-order valence-corrected chi connectivity index (χ1v) is 7.14.